The lowest BCUT2D eigenvalue weighted by atomic mass is 10.1. The normalized spacial score (nSPS) is 10.4. The van der Waals surface area contributed by atoms with Gasteiger partial charge in [0.1, 0.15) is 0 Å². The Bertz CT molecular complexity index is 520. The van der Waals surface area contributed by atoms with Gasteiger partial charge in [-0.2, -0.15) is 0 Å². The number of carbonyl (C=O) groups excluding carboxylic acids is 1. The predicted molar refractivity (Wildman–Crippen MR) is 79.1 cm³/mol. The predicted octanol–water partition coefficient (Wildman–Crippen LogP) is 2.87. The van der Waals surface area contributed by atoms with Gasteiger partial charge in [-0.25, -0.2) is 0 Å². The van der Waals surface area contributed by atoms with Crippen molar-refractivity contribution in [2.45, 2.75) is 20.0 Å². The molecule has 0 spiro atoms. The number of rotatable bonds is 5. The number of amides is 1. The van der Waals surface area contributed by atoms with E-state index in [1.807, 2.05) is 47.5 Å². The van der Waals surface area contributed by atoms with E-state index in [0.717, 1.165) is 11.1 Å². The highest BCUT2D eigenvalue weighted by atomic mass is 32.1. The molecule has 100 valence electrons. The third-order valence-electron chi connectivity index (χ3n) is 3.03. The molecule has 0 aliphatic carbocycles. The zero-order valence-corrected chi connectivity index (χ0v) is 11.8. The third kappa shape index (κ3) is 3.43. The second kappa shape index (κ2) is 6.50. The highest BCUT2D eigenvalue weighted by Crippen LogP contribution is 2.14. The minimum Gasteiger partial charge on any atom is -0.334 e. The van der Waals surface area contributed by atoms with Gasteiger partial charge in [0.2, 0.25) is 0 Å². The van der Waals surface area contributed by atoms with Gasteiger partial charge in [-0.1, -0.05) is 18.2 Å². The molecule has 1 heterocycles. The van der Waals surface area contributed by atoms with Gasteiger partial charge in [-0.3, -0.25) is 4.79 Å². The van der Waals surface area contributed by atoms with Crippen LogP contribution in [0.1, 0.15) is 27.7 Å². The first-order valence-corrected chi connectivity index (χ1v) is 7.23. The van der Waals surface area contributed by atoms with Gasteiger partial charge in [0.25, 0.3) is 5.91 Å². The number of carbonyl (C=O) groups is 1. The number of hydrogen-bond acceptors (Lipinski definition) is 3. The Labute approximate surface area is 117 Å². The largest absolute Gasteiger partial charge is 0.334 e. The van der Waals surface area contributed by atoms with E-state index < -0.39 is 0 Å². The van der Waals surface area contributed by atoms with E-state index in [2.05, 4.69) is 6.07 Å². The van der Waals surface area contributed by atoms with Crippen molar-refractivity contribution in [2.24, 2.45) is 5.73 Å². The van der Waals surface area contributed by atoms with E-state index in [1.54, 1.807) is 11.3 Å². The van der Waals surface area contributed by atoms with E-state index >= 15 is 0 Å². The summed E-state index contributed by atoms with van der Waals surface area (Å²) in [6, 6.07) is 11.6. The van der Waals surface area contributed by atoms with Crippen molar-refractivity contribution < 1.29 is 4.79 Å². The fraction of sp³-hybridized carbons (Fsp3) is 0.267. The molecule has 0 aliphatic heterocycles. The van der Waals surface area contributed by atoms with E-state index in [0.29, 0.717) is 19.6 Å². The summed E-state index contributed by atoms with van der Waals surface area (Å²) in [5.41, 5.74) is 7.32. The summed E-state index contributed by atoms with van der Waals surface area (Å²) >= 11 is 1.67. The van der Waals surface area contributed by atoms with Gasteiger partial charge in [0, 0.05) is 23.5 Å². The lowest BCUT2D eigenvalue weighted by Gasteiger charge is -2.20. The average molecular weight is 274 g/mol. The van der Waals surface area contributed by atoms with Crippen molar-refractivity contribution in [2.75, 3.05) is 6.54 Å². The van der Waals surface area contributed by atoms with Crippen molar-refractivity contribution in [3.63, 3.8) is 0 Å². The van der Waals surface area contributed by atoms with Crippen LogP contribution in [0.2, 0.25) is 0 Å². The van der Waals surface area contributed by atoms with Crippen LogP contribution in [0, 0.1) is 0 Å². The van der Waals surface area contributed by atoms with Crippen LogP contribution >= 0.6 is 11.3 Å². The first-order chi connectivity index (χ1) is 9.24. The van der Waals surface area contributed by atoms with Crippen LogP contribution in [0.3, 0.4) is 0 Å². The number of hydrogen-bond donors (Lipinski definition) is 1. The number of thiophene rings is 1. The Balaban J connectivity index is 2.10. The van der Waals surface area contributed by atoms with Crippen molar-refractivity contribution in [3.8, 4) is 0 Å². The number of benzene rings is 1. The molecule has 0 atom stereocenters. The highest BCUT2D eigenvalue weighted by Gasteiger charge is 2.14. The van der Waals surface area contributed by atoms with Crippen LogP contribution in [0.5, 0.6) is 0 Å². The van der Waals surface area contributed by atoms with Crippen LogP contribution in [0.15, 0.2) is 41.8 Å². The van der Waals surface area contributed by atoms with Crippen molar-refractivity contribution in [3.05, 3.63) is 57.8 Å². The molecule has 0 saturated heterocycles. The molecule has 1 aromatic heterocycles. The Morgan fingerprint density at radius 1 is 1.26 bits per heavy atom. The van der Waals surface area contributed by atoms with Gasteiger partial charge in [0.15, 0.2) is 0 Å². The monoisotopic (exact) mass is 274 g/mol. The van der Waals surface area contributed by atoms with E-state index in [1.165, 1.54) is 4.88 Å². The quantitative estimate of drug-likeness (QED) is 0.911. The first kappa shape index (κ1) is 13.8. The summed E-state index contributed by atoms with van der Waals surface area (Å²) < 4.78 is 0. The third-order valence-corrected chi connectivity index (χ3v) is 3.89. The Kier molecular flexibility index (Phi) is 4.71. The second-order valence-electron chi connectivity index (χ2n) is 4.30. The topological polar surface area (TPSA) is 46.3 Å². The molecule has 2 aromatic rings. The van der Waals surface area contributed by atoms with Gasteiger partial charge in [0.05, 0.1) is 6.54 Å². The maximum Gasteiger partial charge on any atom is 0.254 e. The lowest BCUT2D eigenvalue weighted by Crippen LogP contribution is -2.29. The van der Waals surface area contributed by atoms with Gasteiger partial charge in [-0.15, -0.1) is 11.3 Å². The molecule has 1 aromatic carbocycles. The van der Waals surface area contributed by atoms with Crippen LogP contribution in [0.25, 0.3) is 0 Å². The molecule has 4 heteroatoms. The number of nitrogens with zero attached hydrogens (tertiary/aromatic N) is 1. The molecule has 3 nitrogen and oxygen atoms in total. The smallest absolute Gasteiger partial charge is 0.254 e. The molecule has 0 unspecified atom stereocenters. The fourth-order valence-corrected chi connectivity index (χ4v) is 2.60. The first-order valence-electron chi connectivity index (χ1n) is 6.35. The summed E-state index contributed by atoms with van der Waals surface area (Å²) in [6.07, 6.45) is 0. The van der Waals surface area contributed by atoms with Gasteiger partial charge in [-0.05, 0) is 36.1 Å². The Hall–Kier alpha value is -1.65. The zero-order valence-electron chi connectivity index (χ0n) is 11.0. The van der Waals surface area contributed by atoms with Crippen LogP contribution in [-0.4, -0.2) is 17.4 Å². The van der Waals surface area contributed by atoms with E-state index in [9.17, 15) is 4.79 Å². The number of nitrogens with two attached hydrogens (primary N) is 1. The van der Waals surface area contributed by atoms with E-state index in [4.69, 9.17) is 5.73 Å². The fourth-order valence-electron chi connectivity index (χ4n) is 1.88. The van der Waals surface area contributed by atoms with Gasteiger partial charge >= 0.3 is 0 Å². The minimum atomic E-state index is 0.0690. The SMILES string of the molecule is CCN(Cc1cccs1)C(=O)c1ccc(CN)cc1. The molecule has 0 aliphatic rings. The molecule has 0 fully saturated rings. The molecule has 0 bridgehead atoms. The maximum atomic E-state index is 12.4. The van der Waals surface area contributed by atoms with E-state index in [-0.39, 0.29) is 5.91 Å². The molecule has 2 N–H and O–H groups in total. The summed E-state index contributed by atoms with van der Waals surface area (Å²) in [5, 5.41) is 2.03. The molecular formula is C15H18N2OS. The van der Waals surface area contributed by atoms with Crippen LogP contribution in [0.4, 0.5) is 0 Å². The lowest BCUT2D eigenvalue weighted by molar-refractivity contribution is 0.0754. The maximum absolute atomic E-state index is 12.4. The minimum absolute atomic E-state index is 0.0690. The van der Waals surface area contributed by atoms with Gasteiger partial charge < -0.3 is 10.6 Å². The second-order valence-corrected chi connectivity index (χ2v) is 5.33. The summed E-state index contributed by atoms with van der Waals surface area (Å²) in [6.45, 7) is 3.88. The molecule has 2 rings (SSSR count). The summed E-state index contributed by atoms with van der Waals surface area (Å²) in [7, 11) is 0. The molecule has 0 saturated carbocycles. The summed E-state index contributed by atoms with van der Waals surface area (Å²) in [5.74, 6) is 0.0690. The molecule has 19 heavy (non-hydrogen) atoms. The average Bonchev–Trinajstić information content (AvgIpc) is 2.97. The van der Waals surface area contributed by atoms with Crippen molar-refractivity contribution >= 4 is 17.2 Å². The molecular weight excluding hydrogens is 256 g/mol. The molecule has 0 radical (unpaired) electrons. The standard InChI is InChI=1S/C15H18N2OS/c1-2-17(11-14-4-3-9-19-14)15(18)13-7-5-12(10-16)6-8-13/h3-9H,2,10-11,16H2,1H3. The molecule has 1 amide bonds. The Morgan fingerprint density at radius 2 is 2.00 bits per heavy atom. The van der Waals surface area contributed by atoms with Crippen LogP contribution in [-0.2, 0) is 13.1 Å². The van der Waals surface area contributed by atoms with Crippen molar-refractivity contribution in [1.82, 2.24) is 4.90 Å². The van der Waals surface area contributed by atoms with Crippen molar-refractivity contribution in [1.29, 1.82) is 0 Å². The Morgan fingerprint density at radius 3 is 2.53 bits per heavy atom. The zero-order chi connectivity index (χ0) is 13.7. The summed E-state index contributed by atoms with van der Waals surface area (Å²) in [4.78, 5) is 15.5. The highest BCUT2D eigenvalue weighted by molar-refractivity contribution is 7.09. The van der Waals surface area contributed by atoms with Crippen LogP contribution < -0.4 is 5.73 Å².